The molecule has 0 aromatic carbocycles. The predicted octanol–water partition coefficient (Wildman–Crippen LogP) is 2.92. The van der Waals surface area contributed by atoms with Gasteiger partial charge >= 0.3 is 0 Å². The van der Waals surface area contributed by atoms with Crippen LogP contribution in [0.5, 0.6) is 0 Å². The van der Waals surface area contributed by atoms with Gasteiger partial charge in [-0.3, -0.25) is 9.88 Å². The van der Waals surface area contributed by atoms with Gasteiger partial charge in [-0.1, -0.05) is 0 Å². The summed E-state index contributed by atoms with van der Waals surface area (Å²) >= 11 is 0. The third-order valence-corrected chi connectivity index (χ3v) is 5.72. The molecule has 2 unspecified atom stereocenters. The minimum atomic E-state index is 0.704. The second kappa shape index (κ2) is 5.69. The van der Waals surface area contributed by atoms with Crippen molar-refractivity contribution in [3.05, 3.63) is 29.1 Å². The molecule has 2 aliphatic heterocycles. The number of aryl methyl sites for hydroxylation is 2. The van der Waals surface area contributed by atoms with Gasteiger partial charge < -0.3 is 4.74 Å². The number of ether oxygens (including phenoxy) is 1. The van der Waals surface area contributed by atoms with Crippen LogP contribution in [0, 0.1) is 12.8 Å². The van der Waals surface area contributed by atoms with Gasteiger partial charge in [0.05, 0.1) is 6.61 Å². The molecule has 1 aliphatic carbocycles. The first-order valence-corrected chi connectivity index (χ1v) is 8.57. The molecule has 1 aromatic heterocycles. The predicted molar refractivity (Wildman–Crippen MR) is 83.6 cm³/mol. The first-order chi connectivity index (χ1) is 10.3. The highest BCUT2D eigenvalue weighted by Crippen LogP contribution is 2.39. The lowest BCUT2D eigenvalue weighted by Gasteiger charge is -2.23. The van der Waals surface area contributed by atoms with E-state index in [0.717, 1.165) is 25.0 Å². The monoisotopic (exact) mass is 286 g/mol. The molecule has 0 radical (unpaired) electrons. The Bertz CT molecular complexity index is 510. The number of rotatable bonds is 3. The Kier molecular flexibility index (Phi) is 3.72. The fourth-order valence-corrected chi connectivity index (χ4v) is 4.54. The zero-order chi connectivity index (χ0) is 14.2. The average Bonchev–Trinajstić information content (AvgIpc) is 3.19. The summed E-state index contributed by atoms with van der Waals surface area (Å²) in [7, 11) is 0. The van der Waals surface area contributed by atoms with Gasteiger partial charge in [0.2, 0.25) is 0 Å². The molecule has 21 heavy (non-hydrogen) atoms. The van der Waals surface area contributed by atoms with Crippen LogP contribution in [-0.4, -0.2) is 42.2 Å². The Morgan fingerprint density at radius 2 is 2.29 bits per heavy atom. The van der Waals surface area contributed by atoms with E-state index in [4.69, 9.17) is 4.74 Å². The van der Waals surface area contributed by atoms with Gasteiger partial charge in [0.15, 0.2) is 0 Å². The van der Waals surface area contributed by atoms with Gasteiger partial charge in [0.1, 0.15) is 0 Å². The maximum atomic E-state index is 5.55. The molecule has 114 valence electrons. The summed E-state index contributed by atoms with van der Waals surface area (Å²) in [5, 5.41) is 0. The number of fused-ring (bicyclic) bond motifs is 1. The van der Waals surface area contributed by atoms with Gasteiger partial charge in [-0.15, -0.1) is 0 Å². The highest BCUT2D eigenvalue weighted by Gasteiger charge is 2.33. The Hall–Kier alpha value is -0.930. The van der Waals surface area contributed by atoms with Crippen molar-refractivity contribution in [2.75, 3.05) is 26.3 Å². The SMILES string of the molecule is Cc1cc2c(cn1)C(C[C@@H]1CCN(C3CCOC3)C1)CC2. The molecule has 3 nitrogen and oxygen atoms in total. The first-order valence-electron chi connectivity index (χ1n) is 8.57. The van der Waals surface area contributed by atoms with E-state index in [1.54, 1.807) is 11.1 Å². The lowest BCUT2D eigenvalue weighted by molar-refractivity contribution is 0.156. The van der Waals surface area contributed by atoms with Crippen LogP contribution in [0.2, 0.25) is 0 Å². The van der Waals surface area contributed by atoms with Crippen molar-refractivity contribution in [2.45, 2.75) is 51.0 Å². The quantitative estimate of drug-likeness (QED) is 0.854. The number of aromatic nitrogens is 1. The van der Waals surface area contributed by atoms with Crippen molar-refractivity contribution in [1.29, 1.82) is 0 Å². The van der Waals surface area contributed by atoms with E-state index < -0.39 is 0 Å². The van der Waals surface area contributed by atoms with E-state index in [0.29, 0.717) is 6.04 Å². The van der Waals surface area contributed by atoms with Gasteiger partial charge in [-0.25, -0.2) is 0 Å². The van der Waals surface area contributed by atoms with Crippen LogP contribution in [0.1, 0.15) is 48.4 Å². The molecule has 3 heteroatoms. The van der Waals surface area contributed by atoms with Gasteiger partial charge in [0, 0.05) is 31.1 Å². The van der Waals surface area contributed by atoms with Gasteiger partial charge in [-0.2, -0.15) is 0 Å². The molecule has 3 atom stereocenters. The molecule has 0 spiro atoms. The van der Waals surface area contributed by atoms with Gasteiger partial charge in [0.25, 0.3) is 0 Å². The highest BCUT2D eigenvalue weighted by atomic mass is 16.5. The molecule has 2 fully saturated rings. The molecular formula is C18H26N2O. The molecule has 4 rings (SSSR count). The zero-order valence-electron chi connectivity index (χ0n) is 13.1. The van der Waals surface area contributed by atoms with Crippen LogP contribution in [0.15, 0.2) is 12.3 Å². The van der Waals surface area contributed by atoms with Crippen LogP contribution in [-0.2, 0) is 11.2 Å². The van der Waals surface area contributed by atoms with Crippen molar-refractivity contribution in [2.24, 2.45) is 5.92 Å². The molecule has 0 amide bonds. The van der Waals surface area contributed by atoms with Crippen molar-refractivity contribution in [3.8, 4) is 0 Å². The summed E-state index contributed by atoms with van der Waals surface area (Å²) in [6.07, 6.45) is 8.73. The summed E-state index contributed by atoms with van der Waals surface area (Å²) in [5.74, 6) is 1.64. The molecule has 3 heterocycles. The largest absolute Gasteiger partial charge is 0.380 e. The first kappa shape index (κ1) is 13.7. The summed E-state index contributed by atoms with van der Waals surface area (Å²) in [4.78, 5) is 7.21. The minimum Gasteiger partial charge on any atom is -0.380 e. The second-order valence-corrected chi connectivity index (χ2v) is 7.16. The fourth-order valence-electron chi connectivity index (χ4n) is 4.54. The number of likely N-dealkylation sites (tertiary alicyclic amines) is 1. The summed E-state index contributed by atoms with van der Waals surface area (Å²) in [6.45, 7) is 6.60. The van der Waals surface area contributed by atoms with E-state index in [1.807, 2.05) is 0 Å². The summed E-state index contributed by atoms with van der Waals surface area (Å²) in [6, 6.07) is 3.00. The normalized spacial score (nSPS) is 32.7. The van der Waals surface area contributed by atoms with E-state index in [2.05, 4.69) is 29.1 Å². The molecule has 1 aromatic rings. The van der Waals surface area contributed by atoms with E-state index in [1.165, 1.54) is 50.9 Å². The van der Waals surface area contributed by atoms with Crippen LogP contribution in [0.25, 0.3) is 0 Å². The molecule has 3 aliphatic rings. The Morgan fingerprint density at radius 1 is 1.33 bits per heavy atom. The maximum absolute atomic E-state index is 5.55. The number of hydrogen-bond acceptors (Lipinski definition) is 3. The fraction of sp³-hybridized carbons (Fsp3) is 0.722. The molecule has 0 N–H and O–H groups in total. The van der Waals surface area contributed by atoms with Crippen molar-refractivity contribution in [1.82, 2.24) is 9.88 Å². The van der Waals surface area contributed by atoms with E-state index in [-0.39, 0.29) is 0 Å². The number of nitrogens with zero attached hydrogens (tertiary/aromatic N) is 2. The molecule has 2 saturated heterocycles. The van der Waals surface area contributed by atoms with Crippen LogP contribution in [0.4, 0.5) is 0 Å². The standard InChI is InChI=1S/C18H26N2O/c1-13-8-15-2-3-16(18(15)10-19-13)9-14-4-6-20(11-14)17-5-7-21-12-17/h8,10,14,16-17H,2-7,9,11-12H2,1H3/t14-,16?,17?/m0/s1. The van der Waals surface area contributed by atoms with Gasteiger partial charge in [-0.05, 0) is 74.6 Å². The molecule has 0 bridgehead atoms. The minimum absolute atomic E-state index is 0.704. The Balaban J connectivity index is 1.38. The van der Waals surface area contributed by atoms with Crippen molar-refractivity contribution < 1.29 is 4.74 Å². The third kappa shape index (κ3) is 2.74. The average molecular weight is 286 g/mol. The Morgan fingerprint density at radius 3 is 3.14 bits per heavy atom. The smallest absolute Gasteiger partial charge is 0.0622 e. The molecule has 0 saturated carbocycles. The maximum Gasteiger partial charge on any atom is 0.0622 e. The van der Waals surface area contributed by atoms with E-state index in [9.17, 15) is 0 Å². The zero-order valence-corrected chi connectivity index (χ0v) is 13.1. The second-order valence-electron chi connectivity index (χ2n) is 7.16. The molecular weight excluding hydrogens is 260 g/mol. The van der Waals surface area contributed by atoms with Crippen molar-refractivity contribution >= 4 is 0 Å². The Labute approximate surface area is 127 Å². The van der Waals surface area contributed by atoms with Crippen LogP contribution >= 0.6 is 0 Å². The van der Waals surface area contributed by atoms with Crippen LogP contribution in [0.3, 0.4) is 0 Å². The van der Waals surface area contributed by atoms with Crippen molar-refractivity contribution in [3.63, 3.8) is 0 Å². The lowest BCUT2D eigenvalue weighted by atomic mass is 9.90. The number of hydrogen-bond donors (Lipinski definition) is 0. The highest BCUT2D eigenvalue weighted by molar-refractivity contribution is 5.34. The van der Waals surface area contributed by atoms with E-state index >= 15 is 0 Å². The topological polar surface area (TPSA) is 25.4 Å². The van der Waals surface area contributed by atoms with Crippen LogP contribution < -0.4 is 0 Å². The summed E-state index contributed by atoms with van der Waals surface area (Å²) < 4.78 is 5.55. The summed E-state index contributed by atoms with van der Waals surface area (Å²) in [5.41, 5.74) is 4.28. The number of pyridine rings is 1. The lowest BCUT2D eigenvalue weighted by Crippen LogP contribution is -2.33. The third-order valence-electron chi connectivity index (χ3n) is 5.72.